The molecule has 3 aromatic rings. The van der Waals surface area contributed by atoms with Crippen molar-refractivity contribution in [1.29, 1.82) is 0 Å². The van der Waals surface area contributed by atoms with Crippen LogP contribution in [0.1, 0.15) is 30.2 Å². The van der Waals surface area contributed by atoms with Crippen molar-refractivity contribution in [2.75, 3.05) is 5.32 Å². The minimum absolute atomic E-state index is 0.0281. The van der Waals surface area contributed by atoms with Crippen molar-refractivity contribution in [2.45, 2.75) is 19.9 Å². The van der Waals surface area contributed by atoms with Crippen molar-refractivity contribution >= 4 is 23.3 Å². The minimum atomic E-state index is -0.876. The molecule has 0 radical (unpaired) electrons. The number of anilines is 1. The molecule has 0 unspecified atom stereocenters. The van der Waals surface area contributed by atoms with Crippen molar-refractivity contribution in [3.05, 3.63) is 56.3 Å². The fraction of sp³-hybridized carbons (Fsp3) is 0.200. The first kappa shape index (κ1) is 18.6. The van der Waals surface area contributed by atoms with Gasteiger partial charge < -0.3 is 4.42 Å². The van der Waals surface area contributed by atoms with Crippen molar-refractivity contribution in [1.82, 2.24) is 20.0 Å². The summed E-state index contributed by atoms with van der Waals surface area (Å²) in [7, 11) is 0. The van der Waals surface area contributed by atoms with E-state index in [0.717, 1.165) is 18.2 Å². The van der Waals surface area contributed by atoms with Crippen LogP contribution >= 0.6 is 0 Å². The van der Waals surface area contributed by atoms with Crippen LogP contribution < -0.4 is 5.32 Å². The first-order valence-corrected chi connectivity index (χ1v) is 7.89. The standard InChI is InChI=1S/C15H13N7O6/c1-8(2)20-12(3-4-16-20)14-18-19-15(28-14)17-13(23)9-5-10(21(24)25)7-11(6-9)22(26)27/h3-8H,1-2H3,(H,17,19,23). The Kier molecular flexibility index (Phi) is 4.80. The van der Waals surface area contributed by atoms with Crippen molar-refractivity contribution in [2.24, 2.45) is 0 Å². The van der Waals surface area contributed by atoms with Crippen LogP contribution in [-0.4, -0.2) is 35.7 Å². The molecule has 0 aliphatic carbocycles. The van der Waals surface area contributed by atoms with E-state index in [1.807, 2.05) is 13.8 Å². The lowest BCUT2D eigenvalue weighted by Crippen LogP contribution is -2.13. The molecule has 144 valence electrons. The Labute approximate surface area is 156 Å². The summed E-state index contributed by atoms with van der Waals surface area (Å²) < 4.78 is 7.03. The monoisotopic (exact) mass is 387 g/mol. The Hall–Kier alpha value is -4.16. The zero-order valence-electron chi connectivity index (χ0n) is 14.6. The average Bonchev–Trinajstić information content (AvgIpc) is 3.30. The Morgan fingerprint density at radius 3 is 2.36 bits per heavy atom. The second-order valence-electron chi connectivity index (χ2n) is 5.87. The molecule has 0 aliphatic heterocycles. The number of aromatic nitrogens is 4. The highest BCUT2D eigenvalue weighted by Gasteiger charge is 2.22. The van der Waals surface area contributed by atoms with E-state index in [1.54, 1.807) is 16.9 Å². The number of nitrogens with one attached hydrogen (secondary N) is 1. The van der Waals surface area contributed by atoms with E-state index in [-0.39, 0.29) is 23.5 Å². The molecule has 13 heteroatoms. The molecule has 1 aromatic carbocycles. The maximum atomic E-state index is 12.3. The number of amides is 1. The molecule has 1 amide bonds. The van der Waals surface area contributed by atoms with E-state index in [4.69, 9.17) is 4.42 Å². The number of carbonyl (C=O) groups excluding carboxylic acids is 1. The lowest BCUT2D eigenvalue weighted by molar-refractivity contribution is -0.394. The second-order valence-corrected chi connectivity index (χ2v) is 5.87. The van der Waals surface area contributed by atoms with E-state index in [0.29, 0.717) is 5.69 Å². The highest BCUT2D eigenvalue weighted by Crippen LogP contribution is 2.25. The largest absolute Gasteiger partial charge is 0.401 e. The number of nitro groups is 2. The van der Waals surface area contributed by atoms with E-state index in [1.165, 1.54) is 0 Å². The van der Waals surface area contributed by atoms with Gasteiger partial charge in [-0.05, 0) is 19.9 Å². The van der Waals surface area contributed by atoms with Crippen molar-refractivity contribution in [3.63, 3.8) is 0 Å². The molecule has 0 aliphatic rings. The highest BCUT2D eigenvalue weighted by molar-refractivity contribution is 6.04. The van der Waals surface area contributed by atoms with Crippen LogP contribution in [0.5, 0.6) is 0 Å². The van der Waals surface area contributed by atoms with Gasteiger partial charge in [-0.2, -0.15) is 5.10 Å². The molecule has 0 atom stereocenters. The maximum Gasteiger partial charge on any atom is 0.322 e. The lowest BCUT2D eigenvalue weighted by Gasteiger charge is -2.07. The number of rotatable bonds is 6. The van der Waals surface area contributed by atoms with Gasteiger partial charge in [-0.15, -0.1) is 5.10 Å². The summed E-state index contributed by atoms with van der Waals surface area (Å²) >= 11 is 0. The molecular formula is C15H13N7O6. The van der Waals surface area contributed by atoms with Gasteiger partial charge in [-0.3, -0.25) is 35.0 Å². The SMILES string of the molecule is CC(C)n1nccc1-c1nnc(NC(=O)c2cc([N+](=O)[O-])cc([N+](=O)[O-])c2)o1. The number of carbonyl (C=O) groups is 1. The Balaban J connectivity index is 1.86. The normalized spacial score (nSPS) is 10.8. The van der Waals surface area contributed by atoms with Crippen LogP contribution in [0.15, 0.2) is 34.9 Å². The van der Waals surface area contributed by atoms with Gasteiger partial charge in [0.1, 0.15) is 5.69 Å². The fourth-order valence-corrected chi connectivity index (χ4v) is 2.38. The first-order chi connectivity index (χ1) is 13.3. The van der Waals surface area contributed by atoms with Crippen molar-refractivity contribution < 1.29 is 19.1 Å². The number of hydrogen-bond donors (Lipinski definition) is 1. The molecule has 0 spiro atoms. The Bertz CT molecular complexity index is 1040. The molecule has 0 bridgehead atoms. The molecule has 3 rings (SSSR count). The van der Waals surface area contributed by atoms with Gasteiger partial charge in [0, 0.05) is 24.4 Å². The number of nitrogens with zero attached hydrogens (tertiary/aromatic N) is 6. The zero-order valence-corrected chi connectivity index (χ0v) is 14.6. The van der Waals surface area contributed by atoms with Gasteiger partial charge >= 0.3 is 6.01 Å². The predicted molar refractivity (Wildman–Crippen MR) is 93.6 cm³/mol. The summed E-state index contributed by atoms with van der Waals surface area (Å²) in [6, 6.07) is 3.99. The van der Waals surface area contributed by atoms with E-state index < -0.39 is 27.1 Å². The van der Waals surface area contributed by atoms with Crippen LogP contribution in [0, 0.1) is 20.2 Å². The van der Waals surface area contributed by atoms with E-state index in [9.17, 15) is 25.0 Å². The number of benzene rings is 1. The van der Waals surface area contributed by atoms with Crippen molar-refractivity contribution in [3.8, 4) is 11.6 Å². The van der Waals surface area contributed by atoms with Gasteiger partial charge in [0.05, 0.1) is 21.5 Å². The van der Waals surface area contributed by atoms with E-state index >= 15 is 0 Å². The maximum absolute atomic E-state index is 12.3. The third kappa shape index (κ3) is 3.67. The minimum Gasteiger partial charge on any atom is -0.401 e. The van der Waals surface area contributed by atoms with Crippen LogP contribution in [0.2, 0.25) is 0 Å². The molecule has 1 N–H and O–H groups in total. The number of non-ortho nitro benzene ring substituents is 2. The summed E-state index contributed by atoms with van der Waals surface area (Å²) in [4.78, 5) is 32.5. The molecule has 0 fully saturated rings. The molecular weight excluding hydrogens is 374 g/mol. The molecule has 0 saturated heterocycles. The van der Waals surface area contributed by atoms with Gasteiger partial charge in [0.25, 0.3) is 23.2 Å². The summed E-state index contributed by atoms with van der Waals surface area (Å²) in [5.74, 6) is -0.772. The summed E-state index contributed by atoms with van der Waals surface area (Å²) in [6.45, 7) is 3.82. The summed E-state index contributed by atoms with van der Waals surface area (Å²) in [5, 5.41) is 35.8. The number of hydrogen-bond acceptors (Lipinski definition) is 9. The Morgan fingerprint density at radius 1 is 1.14 bits per heavy atom. The number of nitro benzene ring substituents is 2. The van der Waals surface area contributed by atoms with Gasteiger partial charge in [-0.25, -0.2) is 0 Å². The molecule has 2 heterocycles. The van der Waals surface area contributed by atoms with Gasteiger partial charge in [0.15, 0.2) is 0 Å². The van der Waals surface area contributed by atoms with E-state index in [2.05, 4.69) is 20.6 Å². The first-order valence-electron chi connectivity index (χ1n) is 7.89. The predicted octanol–water partition coefficient (Wildman–Crippen LogP) is 2.58. The molecule has 13 nitrogen and oxygen atoms in total. The third-order valence-corrected chi connectivity index (χ3v) is 3.61. The fourth-order valence-electron chi connectivity index (χ4n) is 2.38. The van der Waals surface area contributed by atoms with Gasteiger partial charge in [-0.1, -0.05) is 5.10 Å². The van der Waals surface area contributed by atoms with Crippen LogP contribution in [-0.2, 0) is 0 Å². The zero-order chi connectivity index (χ0) is 20.4. The topological polar surface area (TPSA) is 172 Å². The second kappa shape index (κ2) is 7.22. The third-order valence-electron chi connectivity index (χ3n) is 3.61. The molecule has 2 aromatic heterocycles. The summed E-state index contributed by atoms with van der Waals surface area (Å²) in [6.07, 6.45) is 1.56. The smallest absolute Gasteiger partial charge is 0.322 e. The van der Waals surface area contributed by atoms with Gasteiger partial charge in [0.2, 0.25) is 0 Å². The molecule has 28 heavy (non-hydrogen) atoms. The van der Waals surface area contributed by atoms with Crippen LogP contribution in [0.4, 0.5) is 17.4 Å². The van der Waals surface area contributed by atoms with Crippen LogP contribution in [0.3, 0.4) is 0 Å². The lowest BCUT2D eigenvalue weighted by atomic mass is 10.1. The summed E-state index contributed by atoms with van der Waals surface area (Å²) in [5.41, 5.74) is -0.945. The highest BCUT2D eigenvalue weighted by atomic mass is 16.6. The van der Waals surface area contributed by atoms with Crippen LogP contribution in [0.25, 0.3) is 11.6 Å². The Morgan fingerprint density at radius 2 is 1.79 bits per heavy atom. The average molecular weight is 387 g/mol. The molecule has 0 saturated carbocycles. The quantitative estimate of drug-likeness (QED) is 0.492.